The minimum Gasteiger partial charge on any atom is -0.507 e. The number of primary amides is 1. The highest BCUT2D eigenvalue weighted by Gasteiger charge is 2.10. The van der Waals surface area contributed by atoms with Gasteiger partial charge in [-0.05, 0) is 49.9 Å². The van der Waals surface area contributed by atoms with Crippen molar-refractivity contribution >= 4 is 5.91 Å². The second-order valence-electron chi connectivity index (χ2n) is 5.82. The van der Waals surface area contributed by atoms with Crippen LogP contribution in [0.1, 0.15) is 47.9 Å². The van der Waals surface area contributed by atoms with E-state index in [1.807, 2.05) is 13.0 Å². The largest absolute Gasteiger partial charge is 0.507 e. The fourth-order valence-corrected chi connectivity index (χ4v) is 2.05. The highest BCUT2D eigenvalue weighted by Crippen LogP contribution is 2.21. The van der Waals surface area contributed by atoms with Crippen LogP contribution in [-0.2, 0) is 6.42 Å². The summed E-state index contributed by atoms with van der Waals surface area (Å²) < 4.78 is 0. The third-order valence-electron chi connectivity index (χ3n) is 3.50. The molecule has 2 aromatic rings. The Hall–Kier alpha value is -2.37. The molecule has 0 spiro atoms. The minimum atomic E-state index is -0.708. The lowest BCUT2D eigenvalue weighted by Crippen LogP contribution is -2.15. The maximum atomic E-state index is 10.8. The Morgan fingerprint density at radius 3 is 2.25 bits per heavy atom. The SMILES string of the molecule is CC(N)CCc1ccccc1.CC(O)c1ccc(O)c(C(N)=O)c1. The van der Waals surface area contributed by atoms with Crippen LogP contribution in [0.5, 0.6) is 5.75 Å². The van der Waals surface area contributed by atoms with Crippen LogP contribution >= 0.6 is 0 Å². The zero-order valence-corrected chi connectivity index (χ0v) is 14.1. The van der Waals surface area contributed by atoms with Crippen LogP contribution in [0.15, 0.2) is 48.5 Å². The lowest BCUT2D eigenvalue weighted by atomic mass is 10.1. The van der Waals surface area contributed by atoms with E-state index < -0.39 is 12.0 Å². The van der Waals surface area contributed by atoms with Gasteiger partial charge in [0, 0.05) is 6.04 Å². The summed E-state index contributed by atoms with van der Waals surface area (Å²) in [5.41, 5.74) is 12.6. The van der Waals surface area contributed by atoms with Gasteiger partial charge in [-0.2, -0.15) is 0 Å². The number of benzene rings is 2. The molecule has 0 aromatic heterocycles. The molecule has 5 heteroatoms. The zero-order chi connectivity index (χ0) is 18.1. The maximum absolute atomic E-state index is 10.8. The summed E-state index contributed by atoms with van der Waals surface area (Å²) in [6.45, 7) is 3.61. The Morgan fingerprint density at radius 1 is 1.12 bits per heavy atom. The van der Waals surface area contributed by atoms with Gasteiger partial charge in [-0.1, -0.05) is 36.4 Å². The molecule has 2 rings (SSSR count). The van der Waals surface area contributed by atoms with Crippen molar-refractivity contribution in [3.8, 4) is 5.75 Å². The Bertz CT molecular complexity index is 640. The molecule has 0 saturated carbocycles. The van der Waals surface area contributed by atoms with Gasteiger partial charge in [-0.3, -0.25) is 4.79 Å². The van der Waals surface area contributed by atoms with E-state index in [4.69, 9.17) is 11.5 Å². The van der Waals surface area contributed by atoms with E-state index in [9.17, 15) is 15.0 Å². The molecule has 0 heterocycles. The van der Waals surface area contributed by atoms with E-state index in [1.165, 1.54) is 23.8 Å². The van der Waals surface area contributed by atoms with Crippen molar-refractivity contribution in [3.63, 3.8) is 0 Å². The van der Waals surface area contributed by atoms with Crippen molar-refractivity contribution < 1.29 is 15.0 Å². The third-order valence-corrected chi connectivity index (χ3v) is 3.50. The summed E-state index contributed by atoms with van der Waals surface area (Å²) in [6.07, 6.45) is 1.49. The number of aliphatic hydroxyl groups excluding tert-OH is 1. The fourth-order valence-electron chi connectivity index (χ4n) is 2.05. The molecule has 130 valence electrons. The molecule has 6 N–H and O–H groups in total. The number of hydrogen-bond acceptors (Lipinski definition) is 4. The van der Waals surface area contributed by atoms with Gasteiger partial charge in [-0.15, -0.1) is 0 Å². The Balaban J connectivity index is 0.000000243. The zero-order valence-electron chi connectivity index (χ0n) is 14.1. The molecule has 5 nitrogen and oxygen atoms in total. The quantitative estimate of drug-likeness (QED) is 0.675. The van der Waals surface area contributed by atoms with Gasteiger partial charge in [0.25, 0.3) is 5.91 Å². The maximum Gasteiger partial charge on any atom is 0.252 e. The van der Waals surface area contributed by atoms with Crippen molar-refractivity contribution in [1.29, 1.82) is 0 Å². The summed E-state index contributed by atoms with van der Waals surface area (Å²) in [4.78, 5) is 10.8. The molecule has 1 amide bonds. The third kappa shape index (κ3) is 6.81. The van der Waals surface area contributed by atoms with Gasteiger partial charge in [0.15, 0.2) is 0 Å². The topological polar surface area (TPSA) is 110 Å². The molecule has 2 aromatic carbocycles. The van der Waals surface area contributed by atoms with Crippen molar-refractivity contribution in [1.82, 2.24) is 0 Å². The Labute approximate surface area is 142 Å². The number of hydrogen-bond donors (Lipinski definition) is 4. The molecule has 0 fully saturated rings. The lowest BCUT2D eigenvalue weighted by molar-refractivity contribution is 0.0997. The number of nitrogens with two attached hydrogens (primary N) is 2. The summed E-state index contributed by atoms with van der Waals surface area (Å²) in [5.74, 6) is -0.878. The average Bonchev–Trinajstić information content (AvgIpc) is 2.54. The van der Waals surface area contributed by atoms with Crippen LogP contribution in [0, 0.1) is 0 Å². The van der Waals surface area contributed by atoms with Gasteiger partial charge in [0.05, 0.1) is 11.7 Å². The first-order chi connectivity index (χ1) is 11.3. The fraction of sp³-hybridized carbons (Fsp3) is 0.316. The molecule has 0 saturated heterocycles. The van der Waals surface area contributed by atoms with Crippen LogP contribution < -0.4 is 11.5 Å². The first-order valence-electron chi connectivity index (χ1n) is 7.91. The van der Waals surface area contributed by atoms with Gasteiger partial charge in [0.2, 0.25) is 0 Å². The normalized spacial score (nSPS) is 12.7. The van der Waals surface area contributed by atoms with Gasteiger partial charge in [-0.25, -0.2) is 0 Å². The van der Waals surface area contributed by atoms with E-state index in [2.05, 4.69) is 24.3 Å². The highest BCUT2D eigenvalue weighted by molar-refractivity contribution is 5.95. The van der Waals surface area contributed by atoms with Crippen molar-refractivity contribution in [2.24, 2.45) is 11.5 Å². The second-order valence-corrected chi connectivity index (χ2v) is 5.82. The number of aromatic hydroxyl groups is 1. The highest BCUT2D eigenvalue weighted by atomic mass is 16.3. The lowest BCUT2D eigenvalue weighted by Gasteiger charge is -2.06. The number of amides is 1. The first kappa shape index (κ1) is 19.7. The molecule has 24 heavy (non-hydrogen) atoms. The number of aryl methyl sites for hydroxylation is 1. The Kier molecular flexibility index (Phi) is 7.95. The molecule has 0 aliphatic heterocycles. The van der Waals surface area contributed by atoms with Gasteiger partial charge < -0.3 is 21.7 Å². The number of aliphatic hydroxyl groups is 1. The van der Waals surface area contributed by atoms with Crippen LogP contribution in [0.2, 0.25) is 0 Å². The van der Waals surface area contributed by atoms with Crippen molar-refractivity contribution in [3.05, 3.63) is 65.2 Å². The molecule has 0 bridgehead atoms. The monoisotopic (exact) mass is 330 g/mol. The molecule has 0 aliphatic carbocycles. The summed E-state index contributed by atoms with van der Waals surface area (Å²) in [6, 6.07) is 15.0. The number of phenols is 1. The van der Waals surface area contributed by atoms with Crippen LogP contribution in [0.3, 0.4) is 0 Å². The van der Waals surface area contributed by atoms with E-state index in [-0.39, 0.29) is 11.3 Å². The molecular weight excluding hydrogens is 304 g/mol. The van der Waals surface area contributed by atoms with Crippen LogP contribution in [-0.4, -0.2) is 22.2 Å². The van der Waals surface area contributed by atoms with E-state index in [1.54, 1.807) is 6.92 Å². The van der Waals surface area contributed by atoms with E-state index >= 15 is 0 Å². The Morgan fingerprint density at radius 2 is 1.75 bits per heavy atom. The average molecular weight is 330 g/mol. The molecular formula is C19H26N2O3. The second kappa shape index (κ2) is 9.70. The standard InChI is InChI=1S/C10H15N.C9H11NO3/c1-9(11)7-8-10-5-3-2-4-6-10;1-5(11)6-2-3-8(12)7(4-6)9(10)13/h2-6,9H,7-8,11H2,1H3;2-5,11-12H,1H3,(H2,10,13). The summed E-state index contributed by atoms with van der Waals surface area (Å²) in [5, 5.41) is 18.4. The summed E-state index contributed by atoms with van der Waals surface area (Å²) in [7, 11) is 0. The van der Waals surface area contributed by atoms with Crippen molar-refractivity contribution in [2.45, 2.75) is 38.8 Å². The van der Waals surface area contributed by atoms with E-state index in [0.717, 1.165) is 12.8 Å². The van der Waals surface area contributed by atoms with E-state index in [0.29, 0.717) is 11.6 Å². The summed E-state index contributed by atoms with van der Waals surface area (Å²) >= 11 is 0. The predicted molar refractivity (Wildman–Crippen MR) is 95.7 cm³/mol. The van der Waals surface area contributed by atoms with Gasteiger partial charge in [0.1, 0.15) is 5.75 Å². The molecule has 0 radical (unpaired) electrons. The van der Waals surface area contributed by atoms with Crippen LogP contribution in [0.4, 0.5) is 0 Å². The number of carbonyl (C=O) groups is 1. The first-order valence-corrected chi connectivity index (χ1v) is 7.91. The molecule has 2 atom stereocenters. The number of carbonyl (C=O) groups excluding carboxylic acids is 1. The molecule has 2 unspecified atom stereocenters. The predicted octanol–water partition coefficient (Wildman–Crippen LogP) is 2.51. The van der Waals surface area contributed by atoms with Gasteiger partial charge >= 0.3 is 0 Å². The smallest absolute Gasteiger partial charge is 0.252 e. The minimum absolute atomic E-state index is 0.0263. The van der Waals surface area contributed by atoms with Crippen LogP contribution in [0.25, 0.3) is 0 Å². The molecule has 0 aliphatic rings. The van der Waals surface area contributed by atoms with Crippen molar-refractivity contribution in [2.75, 3.05) is 0 Å². The number of rotatable bonds is 5.